The lowest BCUT2D eigenvalue weighted by atomic mass is 10.1. The number of hydrogen-bond donors (Lipinski definition) is 1. The van der Waals surface area contributed by atoms with Crippen LogP contribution in [-0.2, 0) is 11.2 Å². The summed E-state index contributed by atoms with van der Waals surface area (Å²) in [6.45, 7) is 5.74. The Bertz CT molecular complexity index is 752. The molecule has 5 nitrogen and oxygen atoms in total. The zero-order chi connectivity index (χ0) is 18.2. The van der Waals surface area contributed by atoms with Crippen molar-refractivity contribution in [3.8, 4) is 11.5 Å². The van der Waals surface area contributed by atoms with E-state index < -0.39 is 0 Å². The maximum Gasteiger partial charge on any atom is 0.277 e. The summed E-state index contributed by atoms with van der Waals surface area (Å²) in [5, 5.41) is 4.12. The highest BCUT2D eigenvalue weighted by molar-refractivity contribution is 5.86. The molecule has 1 amide bonds. The van der Waals surface area contributed by atoms with Gasteiger partial charge in [0.2, 0.25) is 0 Å². The van der Waals surface area contributed by atoms with Crippen LogP contribution in [0.4, 0.5) is 0 Å². The summed E-state index contributed by atoms with van der Waals surface area (Å²) in [6.07, 6.45) is 0.655. The van der Waals surface area contributed by atoms with E-state index in [1.807, 2.05) is 63.2 Å². The molecule has 1 N–H and O–H groups in total. The molecule has 2 aromatic carbocycles. The first kappa shape index (κ1) is 18.5. The Labute approximate surface area is 148 Å². The van der Waals surface area contributed by atoms with Crippen molar-refractivity contribution in [3.05, 3.63) is 59.2 Å². The highest BCUT2D eigenvalue weighted by Gasteiger charge is 2.05. The van der Waals surface area contributed by atoms with Gasteiger partial charge in [-0.25, -0.2) is 5.43 Å². The molecule has 0 fully saturated rings. The number of hydrogen-bond acceptors (Lipinski definition) is 4. The zero-order valence-electron chi connectivity index (χ0n) is 15.1. The number of carbonyl (C=O) groups is 1. The van der Waals surface area contributed by atoms with E-state index in [9.17, 15) is 4.79 Å². The second-order valence-electron chi connectivity index (χ2n) is 5.96. The van der Waals surface area contributed by atoms with E-state index in [0.717, 1.165) is 28.2 Å². The molecular weight excluding hydrogens is 316 g/mol. The van der Waals surface area contributed by atoms with E-state index in [1.54, 1.807) is 7.11 Å². The van der Waals surface area contributed by atoms with Crippen LogP contribution in [0.2, 0.25) is 0 Å². The summed E-state index contributed by atoms with van der Waals surface area (Å²) in [5.41, 5.74) is 6.53. The molecule has 132 valence electrons. The van der Waals surface area contributed by atoms with E-state index in [0.29, 0.717) is 12.2 Å². The normalized spacial score (nSPS) is 11.1. The largest absolute Gasteiger partial charge is 0.497 e. The number of nitrogens with zero attached hydrogens (tertiary/aromatic N) is 1. The minimum Gasteiger partial charge on any atom is -0.497 e. The third-order valence-electron chi connectivity index (χ3n) is 3.69. The van der Waals surface area contributed by atoms with Gasteiger partial charge in [0.25, 0.3) is 5.91 Å². The maximum atomic E-state index is 11.9. The maximum absolute atomic E-state index is 11.9. The molecule has 5 heteroatoms. The molecule has 0 aliphatic rings. The molecule has 0 unspecified atom stereocenters. The minimum absolute atomic E-state index is 0.0659. The first-order chi connectivity index (χ1) is 12.0. The molecule has 0 saturated carbocycles. The van der Waals surface area contributed by atoms with Crippen LogP contribution in [0.1, 0.15) is 23.6 Å². The fourth-order valence-corrected chi connectivity index (χ4v) is 2.27. The lowest BCUT2D eigenvalue weighted by molar-refractivity contribution is -0.123. The van der Waals surface area contributed by atoms with Crippen molar-refractivity contribution in [2.75, 3.05) is 13.7 Å². The summed E-state index contributed by atoms with van der Waals surface area (Å²) in [5.74, 6) is 1.25. The molecule has 0 atom stereocenters. The number of amides is 1. The average molecular weight is 340 g/mol. The molecular formula is C20H24N2O3. The number of methoxy groups -OCH3 is 1. The molecule has 0 heterocycles. The van der Waals surface area contributed by atoms with Crippen molar-refractivity contribution in [1.29, 1.82) is 0 Å². The summed E-state index contributed by atoms with van der Waals surface area (Å²) in [7, 11) is 1.64. The van der Waals surface area contributed by atoms with Gasteiger partial charge in [-0.2, -0.15) is 5.10 Å². The van der Waals surface area contributed by atoms with Crippen molar-refractivity contribution >= 4 is 11.6 Å². The van der Waals surface area contributed by atoms with E-state index in [4.69, 9.17) is 9.47 Å². The summed E-state index contributed by atoms with van der Waals surface area (Å²) in [4.78, 5) is 11.9. The van der Waals surface area contributed by atoms with Crippen molar-refractivity contribution in [3.63, 3.8) is 0 Å². The molecule has 0 radical (unpaired) electrons. The standard InChI is InChI=1S/C20H24N2O3/c1-14-5-6-15(2)19(11-14)25-13-20(23)22-21-16(3)12-17-7-9-18(24-4)10-8-17/h5-11H,12-13H2,1-4H3,(H,22,23)/b21-16-. The number of carbonyl (C=O) groups excluding carboxylic acids is 1. The number of nitrogens with one attached hydrogen (secondary N) is 1. The SMILES string of the molecule is COc1ccc(C/C(C)=N\NC(=O)COc2cc(C)ccc2C)cc1. The van der Waals surface area contributed by atoms with Crippen LogP contribution in [0, 0.1) is 13.8 Å². The van der Waals surface area contributed by atoms with Crippen LogP contribution in [0.15, 0.2) is 47.6 Å². The smallest absolute Gasteiger partial charge is 0.277 e. The molecule has 0 aliphatic carbocycles. The van der Waals surface area contributed by atoms with Gasteiger partial charge >= 0.3 is 0 Å². The zero-order valence-corrected chi connectivity index (χ0v) is 15.1. The second-order valence-corrected chi connectivity index (χ2v) is 5.96. The van der Waals surface area contributed by atoms with Crippen LogP contribution in [-0.4, -0.2) is 25.3 Å². The van der Waals surface area contributed by atoms with Gasteiger partial charge in [-0.3, -0.25) is 4.79 Å². The van der Waals surface area contributed by atoms with Gasteiger partial charge in [-0.1, -0.05) is 24.3 Å². The van der Waals surface area contributed by atoms with Crippen LogP contribution in [0.5, 0.6) is 11.5 Å². The Morgan fingerprint density at radius 1 is 1.12 bits per heavy atom. The lowest BCUT2D eigenvalue weighted by Crippen LogP contribution is -2.26. The van der Waals surface area contributed by atoms with Gasteiger partial charge in [0.1, 0.15) is 11.5 Å². The monoisotopic (exact) mass is 340 g/mol. The highest BCUT2D eigenvalue weighted by Crippen LogP contribution is 2.18. The Balaban J connectivity index is 1.83. The third kappa shape index (κ3) is 5.95. The summed E-state index contributed by atoms with van der Waals surface area (Å²) in [6, 6.07) is 13.7. The quantitative estimate of drug-likeness (QED) is 0.620. The van der Waals surface area contributed by atoms with Gasteiger partial charge in [-0.15, -0.1) is 0 Å². The van der Waals surface area contributed by atoms with E-state index >= 15 is 0 Å². The molecule has 0 aromatic heterocycles. The van der Waals surface area contributed by atoms with Crippen LogP contribution >= 0.6 is 0 Å². The van der Waals surface area contributed by atoms with Gasteiger partial charge in [0.05, 0.1) is 7.11 Å². The van der Waals surface area contributed by atoms with Gasteiger partial charge in [0, 0.05) is 12.1 Å². The minimum atomic E-state index is -0.282. The van der Waals surface area contributed by atoms with Gasteiger partial charge in [-0.05, 0) is 55.7 Å². The first-order valence-electron chi connectivity index (χ1n) is 8.13. The average Bonchev–Trinajstić information content (AvgIpc) is 2.61. The number of ether oxygens (including phenoxy) is 2. The van der Waals surface area contributed by atoms with Crippen molar-refractivity contribution in [1.82, 2.24) is 5.43 Å². The highest BCUT2D eigenvalue weighted by atomic mass is 16.5. The van der Waals surface area contributed by atoms with E-state index in [2.05, 4.69) is 10.5 Å². The number of rotatable bonds is 7. The Kier molecular flexibility index (Phi) is 6.57. The Hall–Kier alpha value is -2.82. The molecule has 2 rings (SSSR count). The summed E-state index contributed by atoms with van der Waals surface area (Å²) >= 11 is 0. The van der Waals surface area contributed by atoms with Crippen molar-refractivity contribution in [2.24, 2.45) is 5.10 Å². The fraction of sp³-hybridized carbons (Fsp3) is 0.300. The summed E-state index contributed by atoms with van der Waals surface area (Å²) < 4.78 is 10.7. The van der Waals surface area contributed by atoms with Crippen LogP contribution in [0.25, 0.3) is 0 Å². The first-order valence-corrected chi connectivity index (χ1v) is 8.13. The molecule has 25 heavy (non-hydrogen) atoms. The van der Waals surface area contributed by atoms with E-state index in [1.165, 1.54) is 0 Å². The molecule has 2 aromatic rings. The van der Waals surface area contributed by atoms with Crippen molar-refractivity contribution < 1.29 is 14.3 Å². The molecule has 0 bridgehead atoms. The van der Waals surface area contributed by atoms with Crippen LogP contribution < -0.4 is 14.9 Å². The fourth-order valence-electron chi connectivity index (χ4n) is 2.27. The van der Waals surface area contributed by atoms with Crippen molar-refractivity contribution in [2.45, 2.75) is 27.2 Å². The second kappa shape index (κ2) is 8.87. The number of hydrazone groups is 1. The predicted molar refractivity (Wildman–Crippen MR) is 99.4 cm³/mol. The number of benzene rings is 2. The van der Waals surface area contributed by atoms with Crippen LogP contribution in [0.3, 0.4) is 0 Å². The molecule has 0 saturated heterocycles. The molecule has 0 aliphatic heterocycles. The molecule has 0 spiro atoms. The Morgan fingerprint density at radius 2 is 1.84 bits per heavy atom. The van der Waals surface area contributed by atoms with Gasteiger partial charge < -0.3 is 9.47 Å². The van der Waals surface area contributed by atoms with E-state index in [-0.39, 0.29) is 12.5 Å². The predicted octanol–water partition coefficient (Wildman–Crippen LogP) is 3.43. The number of aryl methyl sites for hydroxylation is 2. The lowest BCUT2D eigenvalue weighted by Gasteiger charge is -2.09. The topological polar surface area (TPSA) is 59.9 Å². The third-order valence-corrected chi connectivity index (χ3v) is 3.69. The van der Waals surface area contributed by atoms with Gasteiger partial charge in [0.15, 0.2) is 6.61 Å². The Morgan fingerprint density at radius 3 is 2.52 bits per heavy atom.